The second-order valence-corrected chi connectivity index (χ2v) is 5.95. The highest BCUT2D eigenvalue weighted by Crippen LogP contribution is 2.26. The van der Waals surface area contributed by atoms with Crippen molar-refractivity contribution in [2.45, 2.75) is 25.4 Å². The lowest BCUT2D eigenvalue weighted by Crippen LogP contribution is -2.31. The number of urea groups is 1. The fraction of sp³-hybridized carbons (Fsp3) is 0.375. The number of amides is 2. The minimum atomic E-state index is -0.349. The van der Waals surface area contributed by atoms with Crippen LogP contribution >= 0.6 is 0 Å². The van der Waals surface area contributed by atoms with Crippen molar-refractivity contribution < 1.29 is 14.1 Å². The molecule has 0 aliphatic carbocycles. The van der Waals surface area contributed by atoms with Crippen LogP contribution in [-0.4, -0.2) is 49.5 Å². The summed E-state index contributed by atoms with van der Waals surface area (Å²) in [6.07, 6.45) is 3.70. The largest absolute Gasteiger partial charge is 0.368 e. The van der Waals surface area contributed by atoms with Crippen LogP contribution < -0.4 is 10.6 Å². The van der Waals surface area contributed by atoms with Crippen LogP contribution in [0.5, 0.6) is 0 Å². The molecule has 2 aromatic heterocycles. The van der Waals surface area contributed by atoms with Crippen LogP contribution in [-0.2, 0) is 11.2 Å². The van der Waals surface area contributed by atoms with Gasteiger partial charge in [0.25, 0.3) is 5.89 Å². The summed E-state index contributed by atoms with van der Waals surface area (Å²) < 4.78 is 12.2. The molecule has 1 aliphatic rings. The van der Waals surface area contributed by atoms with Gasteiger partial charge in [0.05, 0.1) is 11.4 Å². The Morgan fingerprint density at radius 2 is 2.26 bits per heavy atom. The van der Waals surface area contributed by atoms with E-state index in [9.17, 15) is 4.79 Å². The predicted octanol–water partition coefficient (Wildman–Crippen LogP) is 1.26. The van der Waals surface area contributed by atoms with E-state index in [1.165, 1.54) is 11.0 Å². The SMILES string of the molecule is O=C(NCCc1noc([C@H]2CCCO2)n1)Nc1ccccc1-n1cnnn1. The monoisotopic (exact) mass is 370 g/mol. The number of nitrogens with one attached hydrogen (secondary N) is 2. The summed E-state index contributed by atoms with van der Waals surface area (Å²) in [6, 6.07) is 6.87. The summed E-state index contributed by atoms with van der Waals surface area (Å²) >= 11 is 0. The van der Waals surface area contributed by atoms with Gasteiger partial charge in [0, 0.05) is 19.6 Å². The molecule has 0 bridgehead atoms. The molecule has 0 unspecified atom stereocenters. The van der Waals surface area contributed by atoms with Gasteiger partial charge in [0.2, 0.25) is 0 Å². The van der Waals surface area contributed by atoms with E-state index < -0.39 is 0 Å². The summed E-state index contributed by atoms with van der Waals surface area (Å²) in [5.41, 5.74) is 1.25. The molecule has 27 heavy (non-hydrogen) atoms. The van der Waals surface area contributed by atoms with Crippen molar-refractivity contribution in [2.24, 2.45) is 0 Å². The molecule has 1 aliphatic heterocycles. The Kier molecular flexibility index (Phi) is 5.01. The van der Waals surface area contributed by atoms with Crippen LogP contribution in [0.2, 0.25) is 0 Å². The zero-order valence-corrected chi connectivity index (χ0v) is 14.4. The maximum Gasteiger partial charge on any atom is 0.319 e. The molecule has 1 aromatic carbocycles. The maximum atomic E-state index is 12.2. The van der Waals surface area contributed by atoms with Crippen molar-refractivity contribution in [2.75, 3.05) is 18.5 Å². The van der Waals surface area contributed by atoms with Crippen LogP contribution in [0, 0.1) is 0 Å². The summed E-state index contributed by atoms with van der Waals surface area (Å²) in [4.78, 5) is 16.5. The molecular weight excluding hydrogens is 352 g/mol. The lowest BCUT2D eigenvalue weighted by Gasteiger charge is -2.10. The van der Waals surface area contributed by atoms with Crippen LogP contribution in [0.1, 0.15) is 30.7 Å². The van der Waals surface area contributed by atoms with Gasteiger partial charge in [0.15, 0.2) is 5.82 Å². The van der Waals surface area contributed by atoms with Gasteiger partial charge in [-0.05, 0) is 35.4 Å². The van der Waals surface area contributed by atoms with Gasteiger partial charge in [0.1, 0.15) is 12.4 Å². The first-order valence-electron chi connectivity index (χ1n) is 8.61. The average Bonchev–Trinajstić information content (AvgIpc) is 3.44. The van der Waals surface area contributed by atoms with Crippen LogP contribution in [0.3, 0.4) is 0 Å². The Hall–Kier alpha value is -3.34. The van der Waals surface area contributed by atoms with Crippen LogP contribution in [0.25, 0.3) is 5.69 Å². The van der Waals surface area contributed by atoms with E-state index in [2.05, 4.69) is 36.3 Å². The number of carbonyl (C=O) groups excluding carboxylic acids is 1. The van der Waals surface area contributed by atoms with E-state index in [1.54, 1.807) is 12.1 Å². The fourth-order valence-electron chi connectivity index (χ4n) is 2.78. The van der Waals surface area contributed by atoms with Gasteiger partial charge in [-0.25, -0.2) is 4.79 Å². The molecule has 3 heterocycles. The smallest absolute Gasteiger partial charge is 0.319 e. The number of hydrogen-bond donors (Lipinski definition) is 2. The Balaban J connectivity index is 1.29. The standard InChI is InChI=1S/C16H18N8O3/c25-16(19-11-4-1-2-5-12(11)24-10-18-22-23-24)17-8-7-14-20-15(27-21-14)13-6-3-9-26-13/h1-2,4-5,10,13H,3,6-9H2,(H2,17,19,25)/t13-/m1/s1. The molecule has 2 amide bonds. The van der Waals surface area contributed by atoms with Gasteiger partial charge >= 0.3 is 6.03 Å². The molecule has 1 atom stereocenters. The zero-order valence-electron chi connectivity index (χ0n) is 14.4. The average molecular weight is 370 g/mol. The summed E-state index contributed by atoms with van der Waals surface area (Å²) in [5.74, 6) is 1.04. The lowest BCUT2D eigenvalue weighted by molar-refractivity contribution is 0.0835. The Morgan fingerprint density at radius 1 is 1.33 bits per heavy atom. The zero-order chi connectivity index (χ0) is 18.5. The summed E-state index contributed by atoms with van der Waals surface area (Å²) in [5, 5.41) is 20.5. The molecule has 0 radical (unpaired) electrons. The summed E-state index contributed by atoms with van der Waals surface area (Å²) in [7, 11) is 0. The highest BCUT2D eigenvalue weighted by atomic mass is 16.5. The molecule has 140 valence electrons. The van der Waals surface area contributed by atoms with Crippen molar-refractivity contribution in [1.82, 2.24) is 35.7 Å². The number of hydrogen-bond acceptors (Lipinski definition) is 8. The highest BCUT2D eigenvalue weighted by molar-refractivity contribution is 5.91. The predicted molar refractivity (Wildman–Crippen MR) is 92.1 cm³/mol. The molecule has 0 spiro atoms. The second kappa shape index (κ2) is 7.91. The number of anilines is 1. The highest BCUT2D eigenvalue weighted by Gasteiger charge is 2.23. The third-order valence-corrected chi connectivity index (χ3v) is 4.07. The van der Waals surface area contributed by atoms with E-state index in [1.807, 2.05) is 12.1 Å². The quantitative estimate of drug-likeness (QED) is 0.662. The van der Waals surface area contributed by atoms with E-state index in [-0.39, 0.29) is 12.1 Å². The van der Waals surface area contributed by atoms with Crippen molar-refractivity contribution in [3.63, 3.8) is 0 Å². The molecule has 1 fully saturated rings. The van der Waals surface area contributed by atoms with Crippen molar-refractivity contribution >= 4 is 11.7 Å². The lowest BCUT2D eigenvalue weighted by atomic mass is 10.2. The molecule has 0 saturated carbocycles. The van der Waals surface area contributed by atoms with E-state index >= 15 is 0 Å². The van der Waals surface area contributed by atoms with E-state index in [0.717, 1.165) is 19.4 Å². The third-order valence-electron chi connectivity index (χ3n) is 4.07. The number of ether oxygens (including phenoxy) is 1. The Bertz CT molecular complexity index is 889. The maximum absolute atomic E-state index is 12.2. The van der Waals surface area contributed by atoms with E-state index in [4.69, 9.17) is 9.26 Å². The van der Waals surface area contributed by atoms with Crippen LogP contribution in [0.15, 0.2) is 35.1 Å². The number of aromatic nitrogens is 6. The van der Waals surface area contributed by atoms with Gasteiger partial charge in [-0.3, -0.25) is 0 Å². The van der Waals surface area contributed by atoms with Gasteiger partial charge in [-0.2, -0.15) is 9.67 Å². The third kappa shape index (κ3) is 4.08. The number of benzene rings is 1. The Morgan fingerprint density at radius 3 is 3.07 bits per heavy atom. The number of carbonyl (C=O) groups is 1. The normalized spacial score (nSPS) is 16.4. The molecule has 1 saturated heterocycles. The van der Waals surface area contributed by atoms with Crippen molar-refractivity contribution in [3.05, 3.63) is 42.3 Å². The topological polar surface area (TPSA) is 133 Å². The van der Waals surface area contributed by atoms with Gasteiger partial charge in [-0.15, -0.1) is 5.10 Å². The molecule has 3 aromatic rings. The molecular formula is C16H18N8O3. The first-order chi connectivity index (χ1) is 13.3. The number of rotatable bonds is 6. The minimum Gasteiger partial charge on any atom is -0.368 e. The number of tetrazole rings is 1. The Labute approximate surface area is 154 Å². The van der Waals surface area contributed by atoms with Crippen molar-refractivity contribution in [3.8, 4) is 5.69 Å². The molecule has 11 nitrogen and oxygen atoms in total. The molecule has 11 heteroatoms. The fourth-order valence-corrected chi connectivity index (χ4v) is 2.78. The van der Waals surface area contributed by atoms with Gasteiger partial charge < -0.3 is 19.9 Å². The number of nitrogens with zero attached hydrogens (tertiary/aromatic N) is 6. The minimum absolute atomic E-state index is 0.106. The van der Waals surface area contributed by atoms with Gasteiger partial charge in [-0.1, -0.05) is 17.3 Å². The van der Waals surface area contributed by atoms with Crippen LogP contribution in [0.4, 0.5) is 10.5 Å². The summed E-state index contributed by atoms with van der Waals surface area (Å²) in [6.45, 7) is 1.08. The number of para-hydroxylation sites is 2. The van der Waals surface area contributed by atoms with E-state index in [0.29, 0.717) is 36.1 Å². The molecule has 2 N–H and O–H groups in total. The molecule has 4 rings (SSSR count). The first-order valence-corrected chi connectivity index (χ1v) is 8.61. The van der Waals surface area contributed by atoms with Crippen molar-refractivity contribution in [1.29, 1.82) is 0 Å². The second-order valence-electron chi connectivity index (χ2n) is 5.95. The first kappa shape index (κ1) is 17.1.